The summed E-state index contributed by atoms with van der Waals surface area (Å²) in [7, 11) is 0. The maximum absolute atomic E-state index is 15.7. The molecule has 0 unspecified atom stereocenters. The highest BCUT2D eigenvalue weighted by Crippen LogP contribution is 2.34. The minimum atomic E-state index is -0.919. The lowest BCUT2D eigenvalue weighted by atomic mass is 9.81. The number of amides is 3. The number of aliphatic hydroxyl groups is 1. The van der Waals surface area contributed by atoms with Crippen LogP contribution in [0.15, 0.2) is 30.5 Å². The molecular formula is C35H50FN5O5. The number of carbonyl (C=O) groups is 4. The van der Waals surface area contributed by atoms with Crippen LogP contribution < -0.4 is 10.6 Å². The quantitative estimate of drug-likeness (QED) is 0.216. The van der Waals surface area contributed by atoms with Crippen LogP contribution in [-0.4, -0.2) is 68.0 Å². The highest BCUT2D eigenvalue weighted by molar-refractivity contribution is 6.00. The van der Waals surface area contributed by atoms with Crippen LogP contribution in [0.25, 0.3) is 0 Å². The van der Waals surface area contributed by atoms with E-state index in [-0.39, 0.29) is 48.0 Å². The molecule has 1 aliphatic carbocycles. The molecule has 1 aromatic heterocycles. The summed E-state index contributed by atoms with van der Waals surface area (Å²) >= 11 is 0. The molecule has 4 rings (SSSR count). The molecule has 1 aromatic carbocycles. The summed E-state index contributed by atoms with van der Waals surface area (Å²) in [4.78, 5) is 54.7. The van der Waals surface area contributed by atoms with Gasteiger partial charge < -0.3 is 20.6 Å². The van der Waals surface area contributed by atoms with Crippen molar-refractivity contribution in [3.05, 3.63) is 47.5 Å². The second-order valence-corrected chi connectivity index (χ2v) is 13.3. The smallest absolute Gasteiger partial charge is 0.245 e. The van der Waals surface area contributed by atoms with E-state index < -0.39 is 29.3 Å². The number of benzene rings is 1. The predicted molar refractivity (Wildman–Crippen MR) is 174 cm³/mol. The first-order valence-electron chi connectivity index (χ1n) is 16.9. The number of halogens is 1. The lowest BCUT2D eigenvalue weighted by Crippen LogP contribution is -2.54. The zero-order chi connectivity index (χ0) is 33.4. The molecule has 0 spiro atoms. The number of ketones is 1. The molecule has 2 aliphatic rings. The highest BCUT2D eigenvalue weighted by atomic mass is 19.1. The Bertz CT molecular complexity index is 1370. The number of Topliss-reactive ketones (excluding diaryl/α,β-unsaturated/α-hetero) is 1. The monoisotopic (exact) mass is 639 g/mol. The first kappa shape index (κ1) is 35.3. The Morgan fingerprint density at radius 2 is 1.74 bits per heavy atom. The fraction of sp³-hybridized carbons (Fsp3) is 0.629. The number of piperidine rings is 1. The van der Waals surface area contributed by atoms with E-state index in [4.69, 9.17) is 0 Å². The Morgan fingerprint density at radius 3 is 2.35 bits per heavy atom. The molecule has 1 aliphatic heterocycles. The van der Waals surface area contributed by atoms with Gasteiger partial charge in [0.25, 0.3) is 0 Å². The highest BCUT2D eigenvalue weighted by Gasteiger charge is 2.36. The van der Waals surface area contributed by atoms with Gasteiger partial charge in [-0.05, 0) is 69.2 Å². The zero-order valence-electron chi connectivity index (χ0n) is 27.7. The first-order valence-corrected chi connectivity index (χ1v) is 16.9. The molecule has 1 saturated heterocycles. The van der Waals surface area contributed by atoms with Crippen molar-refractivity contribution in [1.29, 1.82) is 0 Å². The second-order valence-electron chi connectivity index (χ2n) is 13.3. The molecule has 3 amide bonds. The van der Waals surface area contributed by atoms with E-state index in [1.54, 1.807) is 48.7 Å². The lowest BCUT2D eigenvalue weighted by Gasteiger charge is -2.38. The third-order valence-electron chi connectivity index (χ3n) is 9.85. The number of carbonyl (C=O) groups excluding carboxylic acids is 4. The molecule has 2 aromatic rings. The Morgan fingerprint density at radius 1 is 1.07 bits per heavy atom. The van der Waals surface area contributed by atoms with Crippen molar-refractivity contribution >= 4 is 29.2 Å². The van der Waals surface area contributed by atoms with Gasteiger partial charge in [0.2, 0.25) is 17.7 Å². The van der Waals surface area contributed by atoms with Crippen molar-refractivity contribution in [3.63, 3.8) is 0 Å². The third-order valence-corrected chi connectivity index (χ3v) is 9.85. The molecule has 0 radical (unpaired) electrons. The van der Waals surface area contributed by atoms with Crippen molar-refractivity contribution < 1.29 is 28.7 Å². The first-order chi connectivity index (χ1) is 21.9. The molecule has 46 heavy (non-hydrogen) atoms. The van der Waals surface area contributed by atoms with Crippen molar-refractivity contribution in [2.45, 2.75) is 116 Å². The van der Waals surface area contributed by atoms with Gasteiger partial charge in [0.15, 0.2) is 5.78 Å². The Kier molecular flexibility index (Phi) is 12.1. The number of nitrogens with zero attached hydrogens (tertiary/aromatic N) is 3. The van der Waals surface area contributed by atoms with E-state index in [0.29, 0.717) is 43.7 Å². The van der Waals surface area contributed by atoms with E-state index in [2.05, 4.69) is 15.7 Å². The molecule has 0 bridgehead atoms. The SMILES string of the molecule is CCC(=O)N[C@@H](C(=O)N1CCC(C)(O)CC1)[C@@H](C)c1ccc(NC(=O)[C@@H](CC(=O)c2ccnn2CC)C2CCCCCC2)c(F)c1. The Balaban J connectivity index is 1.52. The topological polar surface area (TPSA) is 134 Å². The second kappa shape index (κ2) is 15.8. The third kappa shape index (κ3) is 8.80. The van der Waals surface area contributed by atoms with Gasteiger partial charge >= 0.3 is 0 Å². The lowest BCUT2D eigenvalue weighted by molar-refractivity contribution is -0.140. The Hall–Kier alpha value is -3.60. The van der Waals surface area contributed by atoms with E-state index in [9.17, 15) is 24.3 Å². The number of hydrogen-bond acceptors (Lipinski definition) is 6. The molecule has 2 fully saturated rings. The fourth-order valence-corrected chi connectivity index (χ4v) is 6.73. The molecule has 3 atom stereocenters. The van der Waals surface area contributed by atoms with Crippen LogP contribution in [0.1, 0.15) is 114 Å². The molecule has 252 valence electrons. The molecule has 3 N–H and O–H groups in total. The predicted octanol–water partition coefficient (Wildman–Crippen LogP) is 5.21. The summed E-state index contributed by atoms with van der Waals surface area (Å²) < 4.78 is 17.3. The zero-order valence-corrected chi connectivity index (χ0v) is 27.7. The molecule has 11 heteroatoms. The van der Waals surface area contributed by atoms with Gasteiger partial charge in [0.1, 0.15) is 17.6 Å². The van der Waals surface area contributed by atoms with Crippen LogP contribution in [-0.2, 0) is 20.9 Å². The maximum atomic E-state index is 15.7. The van der Waals surface area contributed by atoms with Crippen LogP contribution in [0.2, 0.25) is 0 Å². The van der Waals surface area contributed by atoms with Crippen molar-refractivity contribution in [1.82, 2.24) is 20.0 Å². The van der Waals surface area contributed by atoms with Gasteiger partial charge in [-0.2, -0.15) is 5.10 Å². The normalized spacial score (nSPS) is 19.0. The van der Waals surface area contributed by atoms with E-state index in [0.717, 1.165) is 38.5 Å². The van der Waals surface area contributed by atoms with E-state index in [1.807, 2.05) is 6.92 Å². The Labute approximate surface area is 271 Å². The van der Waals surface area contributed by atoms with Crippen LogP contribution >= 0.6 is 0 Å². The summed E-state index contributed by atoms with van der Waals surface area (Å²) in [6.07, 6.45) is 8.49. The standard InChI is InChI=1S/C35H50FN5O5/c1-5-31(43)39-32(34(45)40-19-16-35(4,46)17-20-40)23(3)25-13-14-28(27(36)21-25)38-33(44)26(24-11-9-7-8-10-12-24)22-30(42)29-15-18-37-41(29)6-2/h13-15,18,21,23-24,26,32,46H,5-12,16-17,19-20,22H2,1-4H3,(H,38,44)(H,39,43)/t23-,26-,32+/m0/s1. The summed E-state index contributed by atoms with van der Waals surface area (Å²) in [5.74, 6) is -2.93. The maximum Gasteiger partial charge on any atom is 0.245 e. The number of anilines is 1. The van der Waals surface area contributed by atoms with Crippen LogP contribution in [0.3, 0.4) is 0 Å². The molecule has 2 heterocycles. The van der Waals surface area contributed by atoms with E-state index in [1.165, 1.54) is 12.1 Å². The minimum Gasteiger partial charge on any atom is -0.390 e. The summed E-state index contributed by atoms with van der Waals surface area (Å²) in [5, 5.41) is 20.1. The van der Waals surface area contributed by atoms with Gasteiger partial charge in [0, 0.05) is 50.5 Å². The van der Waals surface area contributed by atoms with Crippen LogP contribution in [0.5, 0.6) is 0 Å². The van der Waals surface area contributed by atoms with Gasteiger partial charge in [0.05, 0.1) is 11.3 Å². The number of nitrogens with one attached hydrogen (secondary N) is 2. The van der Waals surface area contributed by atoms with Gasteiger partial charge in [-0.3, -0.25) is 23.9 Å². The average Bonchev–Trinajstić information content (AvgIpc) is 3.37. The summed E-state index contributed by atoms with van der Waals surface area (Å²) in [6.45, 7) is 8.38. The van der Waals surface area contributed by atoms with Crippen LogP contribution in [0.4, 0.5) is 10.1 Å². The number of likely N-dealkylation sites (tertiary alicyclic amines) is 1. The largest absolute Gasteiger partial charge is 0.390 e. The minimum absolute atomic E-state index is 0.00403. The number of hydrogen-bond donors (Lipinski definition) is 3. The van der Waals surface area contributed by atoms with Crippen LogP contribution in [0, 0.1) is 17.7 Å². The summed E-state index contributed by atoms with van der Waals surface area (Å²) in [6, 6.07) is 5.19. The van der Waals surface area contributed by atoms with Gasteiger partial charge in [-0.1, -0.05) is 45.6 Å². The number of aromatic nitrogens is 2. The number of rotatable bonds is 12. The summed E-state index contributed by atoms with van der Waals surface area (Å²) in [5.41, 5.74) is 0.128. The van der Waals surface area contributed by atoms with Crippen molar-refractivity contribution in [2.75, 3.05) is 18.4 Å². The number of aryl methyl sites for hydroxylation is 1. The molecule has 10 nitrogen and oxygen atoms in total. The molecular weight excluding hydrogens is 589 g/mol. The van der Waals surface area contributed by atoms with Crippen molar-refractivity contribution in [3.8, 4) is 0 Å². The fourth-order valence-electron chi connectivity index (χ4n) is 6.73. The average molecular weight is 640 g/mol. The molecule has 1 saturated carbocycles. The van der Waals surface area contributed by atoms with Gasteiger partial charge in [-0.25, -0.2) is 4.39 Å². The van der Waals surface area contributed by atoms with Crippen molar-refractivity contribution in [2.24, 2.45) is 11.8 Å². The van der Waals surface area contributed by atoms with E-state index >= 15 is 4.39 Å². The van der Waals surface area contributed by atoms with Gasteiger partial charge in [-0.15, -0.1) is 0 Å².